The number of urea groups is 1. The zero-order valence-electron chi connectivity index (χ0n) is 16.7. The number of methoxy groups -OCH3 is 1. The van der Waals surface area contributed by atoms with Crippen LogP contribution in [-0.4, -0.2) is 46.2 Å². The Labute approximate surface area is 173 Å². The first kappa shape index (κ1) is 18.7. The molecule has 156 valence electrons. The number of nitrogens with one attached hydrogen (secondary N) is 2. The van der Waals surface area contributed by atoms with Gasteiger partial charge in [-0.25, -0.2) is 4.79 Å². The van der Waals surface area contributed by atoms with Crippen LogP contribution in [0.4, 0.5) is 4.79 Å². The Morgan fingerprint density at radius 3 is 2.73 bits per heavy atom. The number of hydrogen-bond donors (Lipinski definition) is 2. The van der Waals surface area contributed by atoms with Crippen molar-refractivity contribution >= 4 is 17.8 Å². The van der Waals surface area contributed by atoms with Crippen LogP contribution in [0.1, 0.15) is 53.2 Å². The van der Waals surface area contributed by atoms with Crippen molar-refractivity contribution in [2.24, 2.45) is 0 Å². The molecule has 1 saturated carbocycles. The molecule has 2 fully saturated rings. The fourth-order valence-electron chi connectivity index (χ4n) is 4.71. The number of aromatic nitrogens is 2. The van der Waals surface area contributed by atoms with Gasteiger partial charge in [-0.1, -0.05) is 18.9 Å². The van der Waals surface area contributed by atoms with E-state index in [-0.39, 0.29) is 12.5 Å². The topological polar surface area (TPSA) is 106 Å². The highest BCUT2D eigenvalue weighted by molar-refractivity contribution is 6.08. The fraction of sp³-hybridized carbons (Fsp3) is 0.429. The lowest BCUT2D eigenvalue weighted by molar-refractivity contribution is -0.124. The van der Waals surface area contributed by atoms with Gasteiger partial charge in [0.1, 0.15) is 5.75 Å². The smallest absolute Gasteiger partial charge is 0.322 e. The summed E-state index contributed by atoms with van der Waals surface area (Å²) in [6.07, 6.45) is 7.87. The molecule has 1 aromatic heterocycles. The first-order chi connectivity index (χ1) is 14.5. The maximum absolute atomic E-state index is 13.0. The largest absolute Gasteiger partial charge is 0.497 e. The molecule has 1 aliphatic carbocycles. The van der Waals surface area contributed by atoms with Crippen molar-refractivity contribution < 1.29 is 19.1 Å². The van der Waals surface area contributed by atoms with Gasteiger partial charge in [-0.15, -0.1) is 0 Å². The molecule has 1 aromatic carbocycles. The van der Waals surface area contributed by atoms with Crippen molar-refractivity contribution in [2.45, 2.75) is 43.8 Å². The Balaban J connectivity index is 1.47. The van der Waals surface area contributed by atoms with Crippen LogP contribution in [-0.2, 0) is 16.9 Å². The molecule has 0 spiro atoms. The molecular formula is C21H23N5O4. The number of rotatable bonds is 5. The third-order valence-corrected chi connectivity index (χ3v) is 6.36. The van der Waals surface area contributed by atoms with Gasteiger partial charge < -0.3 is 15.0 Å². The standard InChI is InChI=1S/C21H23N5O4/c1-30-16-7-6-13-10-25(18(27)17(13)8-16)12-21(19(28)23-20(29)24-21)14-9-22-26(11-14)15-4-2-3-5-15/h6-9,11,15H,2-5,10,12H2,1H3,(H2,23,24,28,29)/t21-/m0/s1. The molecule has 1 atom stereocenters. The minimum atomic E-state index is -1.37. The van der Waals surface area contributed by atoms with Gasteiger partial charge in [0, 0.05) is 23.9 Å². The second-order valence-corrected chi connectivity index (χ2v) is 8.15. The Morgan fingerprint density at radius 1 is 1.23 bits per heavy atom. The number of fused-ring (bicyclic) bond motifs is 1. The molecule has 9 nitrogen and oxygen atoms in total. The summed E-state index contributed by atoms with van der Waals surface area (Å²) in [6, 6.07) is 5.10. The molecule has 1 saturated heterocycles. The molecule has 3 heterocycles. The van der Waals surface area contributed by atoms with Crippen molar-refractivity contribution in [2.75, 3.05) is 13.7 Å². The number of imide groups is 1. The third-order valence-electron chi connectivity index (χ3n) is 6.36. The Bertz CT molecular complexity index is 1040. The summed E-state index contributed by atoms with van der Waals surface area (Å²) in [4.78, 5) is 39.6. The quantitative estimate of drug-likeness (QED) is 0.732. The molecule has 30 heavy (non-hydrogen) atoms. The maximum Gasteiger partial charge on any atom is 0.322 e. The van der Waals surface area contributed by atoms with Crippen molar-refractivity contribution in [3.8, 4) is 5.75 Å². The molecule has 9 heteroatoms. The summed E-state index contributed by atoms with van der Waals surface area (Å²) >= 11 is 0. The van der Waals surface area contributed by atoms with Crippen molar-refractivity contribution in [1.29, 1.82) is 0 Å². The molecule has 2 aliphatic heterocycles. The summed E-state index contributed by atoms with van der Waals surface area (Å²) in [5.74, 6) is -0.0661. The lowest BCUT2D eigenvalue weighted by Crippen LogP contribution is -2.52. The lowest BCUT2D eigenvalue weighted by atomic mass is 9.92. The Morgan fingerprint density at radius 2 is 2.03 bits per heavy atom. The molecule has 2 N–H and O–H groups in total. The highest BCUT2D eigenvalue weighted by Crippen LogP contribution is 2.34. The van der Waals surface area contributed by atoms with Crippen molar-refractivity contribution in [3.05, 3.63) is 47.3 Å². The predicted octanol–water partition coefficient (Wildman–Crippen LogP) is 1.70. The summed E-state index contributed by atoms with van der Waals surface area (Å²) in [5.41, 5.74) is 0.632. The number of carbonyl (C=O) groups excluding carboxylic acids is 3. The van der Waals surface area contributed by atoms with E-state index in [4.69, 9.17) is 4.74 Å². The SMILES string of the molecule is COc1ccc2c(c1)C(=O)N(C[C@@]1(c3cnn(C4CCCC4)c3)NC(=O)NC1=O)C2. The van der Waals surface area contributed by atoms with Gasteiger partial charge in [0.25, 0.3) is 11.8 Å². The first-order valence-corrected chi connectivity index (χ1v) is 10.1. The zero-order valence-corrected chi connectivity index (χ0v) is 16.7. The van der Waals surface area contributed by atoms with E-state index in [1.54, 1.807) is 30.3 Å². The molecule has 0 unspecified atom stereocenters. The van der Waals surface area contributed by atoms with Gasteiger partial charge in [-0.2, -0.15) is 5.10 Å². The number of ether oxygens (including phenoxy) is 1. The molecule has 4 amide bonds. The number of nitrogens with zero attached hydrogens (tertiary/aromatic N) is 3. The lowest BCUT2D eigenvalue weighted by Gasteiger charge is -2.30. The second-order valence-electron chi connectivity index (χ2n) is 8.15. The van der Waals surface area contributed by atoms with Gasteiger partial charge >= 0.3 is 6.03 Å². The van der Waals surface area contributed by atoms with E-state index < -0.39 is 17.5 Å². The third kappa shape index (κ3) is 2.84. The van der Waals surface area contributed by atoms with Crippen LogP contribution < -0.4 is 15.4 Å². The monoisotopic (exact) mass is 409 g/mol. The van der Waals surface area contributed by atoms with Crippen LogP contribution in [0.2, 0.25) is 0 Å². The van der Waals surface area contributed by atoms with Crippen LogP contribution >= 0.6 is 0 Å². The van der Waals surface area contributed by atoms with Crippen LogP contribution in [0, 0.1) is 0 Å². The molecule has 2 aromatic rings. The summed E-state index contributed by atoms with van der Waals surface area (Å²) in [6.45, 7) is 0.386. The highest BCUT2D eigenvalue weighted by atomic mass is 16.5. The van der Waals surface area contributed by atoms with Crippen LogP contribution in [0.25, 0.3) is 0 Å². The number of amides is 4. The Hall–Kier alpha value is -3.36. The van der Waals surface area contributed by atoms with Gasteiger partial charge in [0.2, 0.25) is 0 Å². The zero-order chi connectivity index (χ0) is 20.9. The fourth-order valence-corrected chi connectivity index (χ4v) is 4.71. The minimum absolute atomic E-state index is 0.0246. The van der Waals surface area contributed by atoms with E-state index in [0.29, 0.717) is 29.5 Å². The second kappa shape index (κ2) is 6.86. The molecule has 5 rings (SSSR count). The van der Waals surface area contributed by atoms with Crippen molar-refractivity contribution in [3.63, 3.8) is 0 Å². The average molecular weight is 409 g/mol. The maximum atomic E-state index is 13.0. The molecular weight excluding hydrogens is 386 g/mol. The van der Waals surface area contributed by atoms with Crippen LogP contribution in [0.15, 0.2) is 30.6 Å². The van der Waals surface area contributed by atoms with E-state index in [1.807, 2.05) is 16.9 Å². The molecule has 0 radical (unpaired) electrons. The van der Waals surface area contributed by atoms with Gasteiger partial charge in [0.15, 0.2) is 5.54 Å². The first-order valence-electron chi connectivity index (χ1n) is 10.1. The van der Waals surface area contributed by atoms with Crippen LogP contribution in [0.3, 0.4) is 0 Å². The number of benzene rings is 1. The number of carbonyl (C=O) groups is 3. The van der Waals surface area contributed by atoms with Gasteiger partial charge in [0.05, 0.1) is 25.9 Å². The molecule has 3 aliphatic rings. The van der Waals surface area contributed by atoms with E-state index in [1.165, 1.54) is 0 Å². The van der Waals surface area contributed by atoms with Crippen LogP contribution in [0.5, 0.6) is 5.75 Å². The van der Waals surface area contributed by atoms with E-state index in [2.05, 4.69) is 15.7 Å². The Kier molecular flexibility index (Phi) is 4.27. The van der Waals surface area contributed by atoms with E-state index >= 15 is 0 Å². The minimum Gasteiger partial charge on any atom is -0.497 e. The van der Waals surface area contributed by atoms with E-state index in [9.17, 15) is 14.4 Å². The normalized spacial score (nSPS) is 23.6. The predicted molar refractivity (Wildman–Crippen MR) is 106 cm³/mol. The van der Waals surface area contributed by atoms with Gasteiger partial charge in [-0.3, -0.25) is 19.6 Å². The average Bonchev–Trinajstić information content (AvgIpc) is 3.51. The number of hydrogen-bond acceptors (Lipinski definition) is 5. The summed E-state index contributed by atoms with van der Waals surface area (Å²) < 4.78 is 7.11. The summed E-state index contributed by atoms with van der Waals surface area (Å²) in [7, 11) is 1.55. The highest BCUT2D eigenvalue weighted by Gasteiger charge is 2.51. The van der Waals surface area contributed by atoms with Crippen molar-refractivity contribution in [1.82, 2.24) is 25.3 Å². The van der Waals surface area contributed by atoms with E-state index in [0.717, 1.165) is 31.2 Å². The summed E-state index contributed by atoms with van der Waals surface area (Å²) in [5, 5.41) is 9.56. The van der Waals surface area contributed by atoms with Gasteiger partial charge in [-0.05, 0) is 30.5 Å². The molecule has 0 bridgehead atoms.